The third-order valence-electron chi connectivity index (χ3n) is 4.87. The molecule has 0 spiro atoms. The molecule has 1 N–H and O–H groups in total. The Morgan fingerprint density at radius 3 is 2.12 bits per heavy atom. The molecule has 0 aromatic carbocycles. The molecule has 1 aromatic heterocycles. The van der Waals surface area contributed by atoms with Crippen molar-refractivity contribution >= 4 is 5.97 Å². The quantitative estimate of drug-likeness (QED) is 0.332. The van der Waals surface area contributed by atoms with Gasteiger partial charge >= 0.3 is 5.97 Å². The van der Waals surface area contributed by atoms with Gasteiger partial charge in [0.05, 0.1) is 13.0 Å². The summed E-state index contributed by atoms with van der Waals surface area (Å²) in [6, 6.07) is 0. The molecule has 0 bridgehead atoms. The van der Waals surface area contributed by atoms with Crippen molar-refractivity contribution in [2.45, 2.75) is 110 Å². The number of aryl methyl sites for hydroxylation is 2. The van der Waals surface area contributed by atoms with Crippen LogP contribution < -0.4 is 4.57 Å². The van der Waals surface area contributed by atoms with Crippen LogP contribution in [-0.2, 0) is 24.3 Å². The van der Waals surface area contributed by atoms with Gasteiger partial charge in [-0.1, -0.05) is 71.6 Å². The van der Waals surface area contributed by atoms with Gasteiger partial charge in [-0.2, -0.15) is 0 Å². The van der Waals surface area contributed by atoms with Crippen molar-refractivity contribution in [2.75, 3.05) is 0 Å². The second-order valence-corrected chi connectivity index (χ2v) is 7.18. The topological polar surface area (TPSA) is 46.1 Å². The molecule has 0 aliphatic rings. The van der Waals surface area contributed by atoms with E-state index in [0.29, 0.717) is 6.54 Å². The van der Waals surface area contributed by atoms with Gasteiger partial charge in [-0.15, -0.1) is 0 Å². The molecule has 25 heavy (non-hydrogen) atoms. The lowest BCUT2D eigenvalue weighted by atomic mass is 10.1. The molecule has 0 amide bonds. The second kappa shape index (κ2) is 13.9. The molecule has 1 heterocycles. The van der Waals surface area contributed by atoms with Crippen molar-refractivity contribution in [1.29, 1.82) is 0 Å². The van der Waals surface area contributed by atoms with E-state index in [9.17, 15) is 4.79 Å². The first-order chi connectivity index (χ1) is 12.2. The van der Waals surface area contributed by atoms with Crippen LogP contribution in [0.4, 0.5) is 0 Å². The van der Waals surface area contributed by atoms with Crippen molar-refractivity contribution in [1.82, 2.24) is 4.57 Å². The summed E-state index contributed by atoms with van der Waals surface area (Å²) in [6.45, 7) is 6.06. The van der Waals surface area contributed by atoms with Crippen molar-refractivity contribution in [2.24, 2.45) is 0 Å². The second-order valence-electron chi connectivity index (χ2n) is 7.18. The Bertz CT molecular complexity index is 468. The third kappa shape index (κ3) is 9.66. The van der Waals surface area contributed by atoms with Crippen molar-refractivity contribution in [3.63, 3.8) is 0 Å². The zero-order valence-electron chi connectivity index (χ0n) is 16.5. The van der Waals surface area contributed by atoms with Gasteiger partial charge in [-0.05, 0) is 12.8 Å². The van der Waals surface area contributed by atoms with Crippen LogP contribution in [0.2, 0.25) is 0 Å². The van der Waals surface area contributed by atoms with Crippen LogP contribution in [0.15, 0.2) is 12.4 Å². The average Bonchev–Trinajstić information content (AvgIpc) is 2.97. The van der Waals surface area contributed by atoms with Crippen LogP contribution in [0, 0.1) is 0 Å². The van der Waals surface area contributed by atoms with E-state index in [4.69, 9.17) is 5.11 Å². The summed E-state index contributed by atoms with van der Waals surface area (Å²) in [6.07, 6.45) is 20.0. The maximum atomic E-state index is 10.8. The third-order valence-corrected chi connectivity index (χ3v) is 4.87. The van der Waals surface area contributed by atoms with E-state index >= 15 is 0 Å². The Hall–Kier alpha value is -1.32. The van der Waals surface area contributed by atoms with Gasteiger partial charge in [0.15, 0.2) is 0 Å². The summed E-state index contributed by atoms with van der Waals surface area (Å²) >= 11 is 0. The highest BCUT2D eigenvalue weighted by Crippen LogP contribution is 2.12. The normalized spacial score (nSPS) is 11.1. The number of carbonyl (C=O) groups is 1. The molecule has 0 atom stereocenters. The fraction of sp³-hybridized carbons (Fsp3) is 0.810. The van der Waals surface area contributed by atoms with Crippen molar-refractivity contribution < 1.29 is 14.5 Å². The van der Waals surface area contributed by atoms with Crippen LogP contribution >= 0.6 is 0 Å². The number of aliphatic carboxylic acids is 1. The summed E-state index contributed by atoms with van der Waals surface area (Å²) < 4.78 is 4.44. The SMILES string of the molecule is CCCCCCCCCCCCc1n(CCC(=O)O)cc[n+]1CCC. The Kier molecular flexibility index (Phi) is 12.1. The van der Waals surface area contributed by atoms with Gasteiger partial charge in [0.25, 0.3) is 5.82 Å². The molecule has 0 aliphatic carbocycles. The van der Waals surface area contributed by atoms with Gasteiger partial charge < -0.3 is 5.11 Å². The lowest BCUT2D eigenvalue weighted by Gasteiger charge is -2.05. The Balaban J connectivity index is 2.25. The molecule has 1 aromatic rings. The van der Waals surface area contributed by atoms with Crippen molar-refractivity contribution in [3.8, 4) is 0 Å². The monoisotopic (exact) mass is 351 g/mol. The molecule has 4 heteroatoms. The minimum atomic E-state index is -0.722. The molecule has 0 aliphatic heterocycles. The molecule has 0 fully saturated rings. The Morgan fingerprint density at radius 2 is 1.56 bits per heavy atom. The summed E-state index contributed by atoms with van der Waals surface area (Å²) in [7, 11) is 0. The number of hydrogen-bond donors (Lipinski definition) is 1. The zero-order valence-corrected chi connectivity index (χ0v) is 16.5. The number of carboxylic acid groups (broad SMARTS) is 1. The predicted octanol–water partition coefficient (Wildman–Crippen LogP) is 5.12. The number of hydrogen-bond acceptors (Lipinski definition) is 1. The number of rotatable bonds is 16. The molecule has 0 saturated carbocycles. The molecule has 144 valence electrons. The predicted molar refractivity (Wildman–Crippen MR) is 103 cm³/mol. The zero-order chi connectivity index (χ0) is 18.3. The maximum Gasteiger partial charge on any atom is 0.307 e. The number of unbranched alkanes of at least 4 members (excludes halogenated alkanes) is 9. The fourth-order valence-electron chi connectivity index (χ4n) is 3.42. The molecule has 0 saturated heterocycles. The fourth-order valence-corrected chi connectivity index (χ4v) is 3.42. The van der Waals surface area contributed by atoms with Crippen LogP contribution in [0.5, 0.6) is 0 Å². The molecular weight excluding hydrogens is 312 g/mol. The van der Waals surface area contributed by atoms with E-state index in [1.54, 1.807) is 0 Å². The smallest absolute Gasteiger partial charge is 0.307 e. The van der Waals surface area contributed by atoms with Crippen LogP contribution in [-0.4, -0.2) is 15.6 Å². The highest BCUT2D eigenvalue weighted by molar-refractivity contribution is 5.66. The minimum absolute atomic E-state index is 0.200. The van der Waals surface area contributed by atoms with E-state index in [-0.39, 0.29) is 6.42 Å². The average molecular weight is 352 g/mol. The summed E-state index contributed by atoms with van der Waals surface area (Å²) in [4.78, 5) is 10.8. The summed E-state index contributed by atoms with van der Waals surface area (Å²) in [5, 5.41) is 8.92. The molecule has 1 rings (SSSR count). The van der Waals surface area contributed by atoms with Gasteiger partial charge in [0, 0.05) is 6.42 Å². The number of carboxylic acids is 1. The van der Waals surface area contributed by atoms with E-state index in [2.05, 4.69) is 29.2 Å². The van der Waals surface area contributed by atoms with Gasteiger partial charge in [0.1, 0.15) is 18.9 Å². The lowest BCUT2D eigenvalue weighted by molar-refractivity contribution is -0.703. The highest BCUT2D eigenvalue weighted by Gasteiger charge is 2.16. The van der Waals surface area contributed by atoms with E-state index < -0.39 is 5.97 Å². The van der Waals surface area contributed by atoms with Crippen molar-refractivity contribution in [3.05, 3.63) is 18.2 Å². The van der Waals surface area contributed by atoms with Crippen LogP contribution in [0.3, 0.4) is 0 Å². The van der Waals surface area contributed by atoms with Gasteiger partial charge in [-0.25, -0.2) is 9.13 Å². The minimum Gasteiger partial charge on any atom is -0.481 e. The number of imidazole rings is 1. The molecule has 0 radical (unpaired) electrons. The van der Waals surface area contributed by atoms with Gasteiger partial charge in [0.2, 0.25) is 0 Å². The van der Waals surface area contributed by atoms with Crippen LogP contribution in [0.25, 0.3) is 0 Å². The first-order valence-corrected chi connectivity index (χ1v) is 10.5. The molecular formula is C21H39N2O2+. The largest absolute Gasteiger partial charge is 0.481 e. The lowest BCUT2D eigenvalue weighted by Crippen LogP contribution is -2.37. The number of aromatic nitrogens is 2. The van der Waals surface area contributed by atoms with Crippen LogP contribution in [0.1, 0.15) is 96.7 Å². The summed E-state index contributed by atoms with van der Waals surface area (Å²) in [5.41, 5.74) is 0. The number of nitrogens with zero attached hydrogens (tertiary/aromatic N) is 2. The van der Waals surface area contributed by atoms with Gasteiger partial charge in [-0.3, -0.25) is 4.79 Å². The van der Waals surface area contributed by atoms with E-state index in [1.807, 2.05) is 6.20 Å². The molecule has 0 unspecified atom stereocenters. The first kappa shape index (κ1) is 21.7. The standard InChI is InChI=1S/C21H38N2O2/c1-3-5-6-7-8-9-10-11-12-13-14-20-22(16-4-2)18-19-23(20)17-15-21(24)25/h18-19H,3-17H2,1-2H3/p+1. The maximum absolute atomic E-state index is 10.8. The van der Waals surface area contributed by atoms with E-state index in [0.717, 1.165) is 19.4 Å². The van der Waals surface area contributed by atoms with E-state index in [1.165, 1.54) is 70.0 Å². The Morgan fingerprint density at radius 1 is 0.960 bits per heavy atom. The first-order valence-electron chi connectivity index (χ1n) is 10.5. The highest BCUT2D eigenvalue weighted by atomic mass is 16.4. The molecule has 4 nitrogen and oxygen atoms in total. The summed E-state index contributed by atoms with van der Waals surface area (Å²) in [5.74, 6) is 0.572. The Labute approximate surface area is 154 Å².